The lowest BCUT2D eigenvalue weighted by molar-refractivity contribution is 0.0980. The van der Waals surface area contributed by atoms with Gasteiger partial charge in [0, 0.05) is 24.8 Å². The van der Waals surface area contributed by atoms with Gasteiger partial charge in [0.15, 0.2) is 5.13 Å². The smallest absolute Gasteiger partial charge is 0.278 e. The van der Waals surface area contributed by atoms with Crippen molar-refractivity contribution in [3.05, 3.63) is 77.6 Å². The van der Waals surface area contributed by atoms with E-state index in [0.717, 1.165) is 26.9 Å². The van der Waals surface area contributed by atoms with Crippen molar-refractivity contribution in [3.8, 4) is 0 Å². The van der Waals surface area contributed by atoms with Crippen molar-refractivity contribution >= 4 is 32.6 Å². The normalized spacial score (nSPS) is 10.9. The number of pyridine rings is 1. The molecule has 6 nitrogen and oxygen atoms in total. The molecule has 0 N–H and O–H groups in total. The molecule has 7 heteroatoms. The molecular formula is C20H17N5OS. The molecule has 0 saturated heterocycles. The Morgan fingerprint density at radius 1 is 1.11 bits per heavy atom. The summed E-state index contributed by atoms with van der Waals surface area (Å²) in [7, 11) is 0. The van der Waals surface area contributed by atoms with Gasteiger partial charge in [0.25, 0.3) is 5.91 Å². The predicted octanol–water partition coefficient (Wildman–Crippen LogP) is 3.95. The molecule has 0 aliphatic rings. The molecule has 0 fully saturated rings. The van der Waals surface area contributed by atoms with Crippen LogP contribution >= 0.6 is 11.3 Å². The molecule has 4 rings (SSSR count). The molecule has 0 saturated carbocycles. The van der Waals surface area contributed by atoms with Gasteiger partial charge in [-0.3, -0.25) is 19.7 Å². The highest BCUT2D eigenvalue weighted by Crippen LogP contribution is 2.33. The number of thiazole rings is 1. The van der Waals surface area contributed by atoms with E-state index in [2.05, 4.69) is 27.9 Å². The Labute approximate surface area is 160 Å². The summed E-state index contributed by atoms with van der Waals surface area (Å²) in [6.07, 6.45) is 8.00. The fourth-order valence-electron chi connectivity index (χ4n) is 2.93. The van der Waals surface area contributed by atoms with Crippen molar-refractivity contribution in [2.24, 2.45) is 0 Å². The van der Waals surface area contributed by atoms with E-state index in [9.17, 15) is 4.79 Å². The monoisotopic (exact) mass is 375 g/mol. The van der Waals surface area contributed by atoms with Crippen LogP contribution in [0.15, 0.2) is 55.2 Å². The third-order valence-electron chi connectivity index (χ3n) is 4.13. The zero-order chi connectivity index (χ0) is 18.8. The minimum absolute atomic E-state index is 0.236. The first-order chi connectivity index (χ1) is 13.1. The lowest BCUT2D eigenvalue weighted by Gasteiger charge is -2.19. The van der Waals surface area contributed by atoms with Crippen LogP contribution in [0.2, 0.25) is 0 Å². The van der Waals surface area contributed by atoms with Crippen LogP contribution < -0.4 is 4.90 Å². The first-order valence-corrected chi connectivity index (χ1v) is 9.28. The minimum atomic E-state index is -0.236. The zero-order valence-corrected chi connectivity index (χ0v) is 15.8. The summed E-state index contributed by atoms with van der Waals surface area (Å²) in [4.78, 5) is 31.8. The summed E-state index contributed by atoms with van der Waals surface area (Å²) in [6, 6.07) is 7.95. The van der Waals surface area contributed by atoms with Gasteiger partial charge >= 0.3 is 0 Å². The maximum atomic E-state index is 13.1. The number of hydrogen-bond donors (Lipinski definition) is 0. The number of carbonyl (C=O) groups excluding carboxylic acids is 1. The minimum Gasteiger partial charge on any atom is -0.278 e. The van der Waals surface area contributed by atoms with Crippen LogP contribution in [0, 0.1) is 13.8 Å². The van der Waals surface area contributed by atoms with E-state index in [0.29, 0.717) is 11.7 Å². The largest absolute Gasteiger partial charge is 0.280 e. The van der Waals surface area contributed by atoms with Crippen LogP contribution in [0.5, 0.6) is 0 Å². The van der Waals surface area contributed by atoms with Crippen LogP contribution in [0.25, 0.3) is 10.2 Å². The maximum absolute atomic E-state index is 13.1. The summed E-state index contributed by atoms with van der Waals surface area (Å²) >= 11 is 1.51. The molecule has 0 unspecified atom stereocenters. The summed E-state index contributed by atoms with van der Waals surface area (Å²) in [6.45, 7) is 4.47. The van der Waals surface area contributed by atoms with E-state index in [1.165, 1.54) is 23.7 Å². The number of amides is 1. The molecule has 0 aliphatic carbocycles. The predicted molar refractivity (Wildman–Crippen MR) is 106 cm³/mol. The van der Waals surface area contributed by atoms with E-state index in [4.69, 9.17) is 4.98 Å². The van der Waals surface area contributed by atoms with Gasteiger partial charge in [0.2, 0.25) is 0 Å². The second kappa shape index (κ2) is 7.20. The summed E-state index contributed by atoms with van der Waals surface area (Å²) in [5.74, 6) is -0.236. The SMILES string of the molecule is Cc1cc(C)c2sc(N(Cc3cccnc3)C(=O)c3cnccn3)nc2c1. The van der Waals surface area contributed by atoms with Gasteiger partial charge < -0.3 is 0 Å². The molecule has 0 radical (unpaired) electrons. The van der Waals surface area contributed by atoms with Crippen molar-refractivity contribution in [3.63, 3.8) is 0 Å². The molecule has 1 amide bonds. The number of fused-ring (bicyclic) bond motifs is 1. The van der Waals surface area contributed by atoms with Gasteiger partial charge in [-0.1, -0.05) is 23.5 Å². The van der Waals surface area contributed by atoms with Crippen molar-refractivity contribution in [1.29, 1.82) is 0 Å². The highest BCUT2D eigenvalue weighted by molar-refractivity contribution is 7.22. The molecule has 3 heterocycles. The zero-order valence-electron chi connectivity index (χ0n) is 15.0. The van der Waals surface area contributed by atoms with Gasteiger partial charge in [-0.25, -0.2) is 9.97 Å². The third kappa shape index (κ3) is 3.54. The molecule has 3 aromatic heterocycles. The Hall–Kier alpha value is -3.19. The van der Waals surface area contributed by atoms with E-state index >= 15 is 0 Å². The number of benzene rings is 1. The first-order valence-electron chi connectivity index (χ1n) is 8.46. The topological polar surface area (TPSA) is 71.9 Å². The molecule has 0 spiro atoms. The molecule has 0 atom stereocenters. The second-order valence-corrected chi connectivity index (χ2v) is 7.25. The van der Waals surface area contributed by atoms with Crippen LogP contribution in [0.4, 0.5) is 5.13 Å². The standard InChI is InChI=1S/C20H17N5OS/c1-13-8-14(2)18-16(9-13)24-20(27-18)25(12-15-4-3-5-21-10-15)19(26)17-11-22-6-7-23-17/h3-11H,12H2,1-2H3. The van der Waals surface area contributed by atoms with E-state index in [1.807, 2.05) is 25.1 Å². The van der Waals surface area contributed by atoms with Gasteiger partial charge in [0.05, 0.1) is 23.0 Å². The van der Waals surface area contributed by atoms with Crippen LogP contribution in [0.1, 0.15) is 27.2 Å². The molecule has 0 bridgehead atoms. The fraction of sp³-hybridized carbons (Fsp3) is 0.150. The lowest BCUT2D eigenvalue weighted by Crippen LogP contribution is -2.31. The number of hydrogen-bond acceptors (Lipinski definition) is 6. The first kappa shape index (κ1) is 17.2. The molecule has 27 heavy (non-hydrogen) atoms. The number of nitrogens with zero attached hydrogens (tertiary/aromatic N) is 5. The van der Waals surface area contributed by atoms with Crippen molar-refractivity contribution < 1.29 is 4.79 Å². The van der Waals surface area contributed by atoms with Crippen molar-refractivity contribution in [1.82, 2.24) is 19.9 Å². The number of anilines is 1. The van der Waals surface area contributed by atoms with Gasteiger partial charge in [-0.15, -0.1) is 0 Å². The average Bonchev–Trinajstić information content (AvgIpc) is 3.11. The van der Waals surface area contributed by atoms with Gasteiger partial charge in [-0.05, 0) is 42.7 Å². The average molecular weight is 375 g/mol. The third-order valence-corrected chi connectivity index (χ3v) is 5.36. The Morgan fingerprint density at radius 2 is 1.96 bits per heavy atom. The van der Waals surface area contributed by atoms with E-state index in [-0.39, 0.29) is 11.6 Å². The quantitative estimate of drug-likeness (QED) is 0.540. The number of aryl methyl sites for hydroxylation is 2. The maximum Gasteiger partial charge on any atom is 0.280 e. The van der Waals surface area contributed by atoms with Crippen LogP contribution in [-0.2, 0) is 6.54 Å². The van der Waals surface area contributed by atoms with Crippen molar-refractivity contribution in [2.45, 2.75) is 20.4 Å². The molecule has 0 aliphatic heterocycles. The van der Waals surface area contributed by atoms with E-state index in [1.54, 1.807) is 23.5 Å². The molecular weight excluding hydrogens is 358 g/mol. The van der Waals surface area contributed by atoms with Crippen molar-refractivity contribution in [2.75, 3.05) is 4.90 Å². The lowest BCUT2D eigenvalue weighted by atomic mass is 10.1. The van der Waals surface area contributed by atoms with Crippen LogP contribution in [0.3, 0.4) is 0 Å². The number of rotatable bonds is 4. The summed E-state index contributed by atoms with van der Waals surface area (Å²) in [5, 5.41) is 0.637. The van der Waals surface area contributed by atoms with Gasteiger partial charge in [-0.2, -0.15) is 0 Å². The number of carbonyl (C=O) groups is 1. The highest BCUT2D eigenvalue weighted by atomic mass is 32.1. The molecule has 134 valence electrons. The second-order valence-electron chi connectivity index (χ2n) is 6.27. The van der Waals surface area contributed by atoms with Gasteiger partial charge in [0.1, 0.15) is 5.69 Å². The Kier molecular flexibility index (Phi) is 4.60. The molecule has 1 aromatic carbocycles. The number of aromatic nitrogens is 4. The fourth-order valence-corrected chi connectivity index (χ4v) is 3.94. The highest BCUT2D eigenvalue weighted by Gasteiger charge is 2.23. The summed E-state index contributed by atoms with van der Waals surface area (Å²) in [5.41, 5.74) is 4.41. The Balaban J connectivity index is 1.80. The molecule has 4 aromatic rings. The van der Waals surface area contributed by atoms with Crippen LogP contribution in [-0.4, -0.2) is 25.8 Å². The Morgan fingerprint density at radius 3 is 2.70 bits per heavy atom. The summed E-state index contributed by atoms with van der Waals surface area (Å²) < 4.78 is 1.08. The van der Waals surface area contributed by atoms with E-state index < -0.39 is 0 Å². The Bertz CT molecular complexity index is 1100.